The summed E-state index contributed by atoms with van der Waals surface area (Å²) in [4.78, 5) is 0. The third kappa shape index (κ3) is 3.77. The first-order valence-electron chi connectivity index (χ1n) is 5.68. The quantitative estimate of drug-likeness (QED) is 0.617. The van der Waals surface area contributed by atoms with Crippen molar-refractivity contribution in [3.05, 3.63) is 23.8 Å². The fraction of sp³-hybridized carbons (Fsp3) is 0.571. The maximum absolute atomic E-state index is 6.17. The molecular weight excluding hydrogens is 226 g/mol. The van der Waals surface area contributed by atoms with Crippen LogP contribution in [0.25, 0.3) is 0 Å². The number of rotatable bonds is 2. The molecule has 0 unspecified atom stereocenters. The van der Waals surface area contributed by atoms with Crippen molar-refractivity contribution in [2.45, 2.75) is 53.3 Å². The van der Waals surface area contributed by atoms with Gasteiger partial charge in [-0.3, -0.25) is 0 Å². The summed E-state index contributed by atoms with van der Waals surface area (Å²) >= 11 is 0. The van der Waals surface area contributed by atoms with E-state index in [0.29, 0.717) is 0 Å². The molecule has 0 heterocycles. The lowest BCUT2D eigenvalue weighted by molar-refractivity contribution is 0.494. The summed E-state index contributed by atoms with van der Waals surface area (Å²) in [6.07, 6.45) is 0. The predicted octanol–water partition coefficient (Wildman–Crippen LogP) is 4.60. The Morgan fingerprint density at radius 1 is 1.18 bits per heavy atom. The number of nitrogen functional groups attached to an aromatic ring is 1. The van der Waals surface area contributed by atoms with Crippen molar-refractivity contribution in [2.24, 2.45) is 0 Å². The van der Waals surface area contributed by atoms with Crippen molar-refractivity contribution in [1.29, 1.82) is 0 Å². The molecular formula is C14H27NOSi. The van der Waals surface area contributed by atoms with Gasteiger partial charge in [-0.1, -0.05) is 34.3 Å². The van der Waals surface area contributed by atoms with Gasteiger partial charge in [0.25, 0.3) is 8.32 Å². The van der Waals surface area contributed by atoms with Crippen LogP contribution in [0.4, 0.5) is 5.69 Å². The van der Waals surface area contributed by atoms with E-state index in [0.717, 1.165) is 11.4 Å². The molecule has 0 aromatic heterocycles. The fourth-order valence-electron chi connectivity index (χ4n) is 1.19. The number of anilines is 1. The molecule has 0 fully saturated rings. The van der Waals surface area contributed by atoms with Crippen LogP contribution in [0.2, 0.25) is 18.1 Å². The maximum atomic E-state index is 6.17. The van der Waals surface area contributed by atoms with E-state index >= 15 is 0 Å². The van der Waals surface area contributed by atoms with Gasteiger partial charge in [-0.05, 0) is 42.8 Å². The van der Waals surface area contributed by atoms with Gasteiger partial charge < -0.3 is 10.2 Å². The highest BCUT2D eigenvalue weighted by Gasteiger charge is 2.39. The molecule has 0 aliphatic carbocycles. The van der Waals surface area contributed by atoms with Crippen LogP contribution in [0.15, 0.2) is 18.2 Å². The average molecular weight is 253 g/mol. The highest BCUT2D eigenvalue weighted by molar-refractivity contribution is 6.74. The van der Waals surface area contributed by atoms with Gasteiger partial charge in [0, 0.05) is 0 Å². The monoisotopic (exact) mass is 253 g/mol. The molecule has 0 radical (unpaired) electrons. The Morgan fingerprint density at radius 2 is 1.71 bits per heavy atom. The van der Waals surface area contributed by atoms with Gasteiger partial charge in [0.1, 0.15) is 5.75 Å². The van der Waals surface area contributed by atoms with E-state index in [1.165, 1.54) is 5.56 Å². The molecule has 17 heavy (non-hydrogen) atoms. The van der Waals surface area contributed by atoms with Gasteiger partial charge in [0.15, 0.2) is 0 Å². The van der Waals surface area contributed by atoms with Crippen molar-refractivity contribution in [2.75, 3.05) is 5.73 Å². The SMILES string of the molecule is C.Cc1ccc(O[Si](C)(C)C(C)(C)C)c(N)c1. The van der Waals surface area contributed by atoms with Gasteiger partial charge in [-0.2, -0.15) is 0 Å². The van der Waals surface area contributed by atoms with E-state index in [9.17, 15) is 0 Å². The second-order valence-electron chi connectivity index (χ2n) is 5.90. The third-order valence-corrected chi connectivity index (χ3v) is 7.68. The molecule has 2 nitrogen and oxygen atoms in total. The lowest BCUT2D eigenvalue weighted by Crippen LogP contribution is -2.44. The lowest BCUT2D eigenvalue weighted by atomic mass is 10.2. The largest absolute Gasteiger partial charge is 0.542 e. The molecule has 0 aliphatic heterocycles. The lowest BCUT2D eigenvalue weighted by Gasteiger charge is -2.36. The van der Waals surface area contributed by atoms with Crippen molar-refractivity contribution < 1.29 is 4.43 Å². The fourth-order valence-corrected chi connectivity index (χ4v) is 2.23. The number of aryl methyl sites for hydroxylation is 1. The molecule has 0 spiro atoms. The molecule has 0 amide bonds. The zero-order valence-electron chi connectivity index (χ0n) is 11.2. The summed E-state index contributed by atoms with van der Waals surface area (Å²) in [5, 5.41) is 0.199. The summed E-state index contributed by atoms with van der Waals surface area (Å²) in [5.74, 6) is 0.831. The first kappa shape index (κ1) is 16.0. The van der Waals surface area contributed by atoms with Gasteiger partial charge in [-0.25, -0.2) is 0 Å². The topological polar surface area (TPSA) is 35.2 Å². The Kier molecular flexibility index (Phi) is 4.84. The van der Waals surface area contributed by atoms with Crippen LogP contribution in [0.5, 0.6) is 5.75 Å². The standard InChI is InChI=1S/C13H23NOSi.CH4/c1-10-7-8-12(11(14)9-10)15-16(5,6)13(2,3)4;/h7-9H,14H2,1-6H3;1H4. The molecule has 0 atom stereocenters. The predicted molar refractivity (Wildman–Crippen MR) is 80.1 cm³/mol. The second kappa shape index (κ2) is 5.13. The smallest absolute Gasteiger partial charge is 0.250 e. The number of hydrogen-bond donors (Lipinski definition) is 1. The zero-order chi connectivity index (χ0) is 12.6. The first-order chi connectivity index (χ1) is 7.13. The second-order valence-corrected chi connectivity index (χ2v) is 10.6. The number of benzene rings is 1. The molecule has 3 heteroatoms. The van der Waals surface area contributed by atoms with Crippen LogP contribution in [0, 0.1) is 6.92 Å². The summed E-state index contributed by atoms with van der Waals surface area (Å²) in [5.41, 5.74) is 7.88. The number of hydrogen-bond acceptors (Lipinski definition) is 2. The van der Waals surface area contributed by atoms with Crippen molar-refractivity contribution in [1.82, 2.24) is 0 Å². The molecule has 0 aliphatic rings. The van der Waals surface area contributed by atoms with Crippen LogP contribution in [0.1, 0.15) is 33.8 Å². The van der Waals surface area contributed by atoms with Crippen molar-refractivity contribution >= 4 is 14.0 Å². The van der Waals surface area contributed by atoms with Crippen molar-refractivity contribution in [3.8, 4) is 5.75 Å². The number of nitrogens with two attached hydrogens (primary N) is 1. The van der Waals surface area contributed by atoms with Gasteiger partial charge in [-0.15, -0.1) is 0 Å². The third-order valence-electron chi connectivity index (χ3n) is 3.34. The van der Waals surface area contributed by atoms with E-state index in [-0.39, 0.29) is 12.5 Å². The van der Waals surface area contributed by atoms with Gasteiger partial charge >= 0.3 is 0 Å². The summed E-state index contributed by atoms with van der Waals surface area (Å²) in [6.45, 7) is 13.2. The van der Waals surface area contributed by atoms with E-state index in [1.54, 1.807) is 0 Å². The molecule has 1 aromatic rings. The Balaban J connectivity index is 0.00000256. The Hall–Kier alpha value is -0.963. The van der Waals surface area contributed by atoms with Crippen LogP contribution < -0.4 is 10.2 Å². The van der Waals surface area contributed by atoms with Crippen LogP contribution >= 0.6 is 0 Å². The zero-order valence-corrected chi connectivity index (χ0v) is 12.2. The van der Waals surface area contributed by atoms with Crippen LogP contribution in [-0.2, 0) is 0 Å². The van der Waals surface area contributed by atoms with Gasteiger partial charge in [0.05, 0.1) is 5.69 Å². The minimum absolute atomic E-state index is 0. The summed E-state index contributed by atoms with van der Waals surface area (Å²) in [6, 6.07) is 5.98. The molecule has 1 aromatic carbocycles. The van der Waals surface area contributed by atoms with E-state index < -0.39 is 8.32 Å². The van der Waals surface area contributed by atoms with E-state index in [1.807, 2.05) is 25.1 Å². The highest BCUT2D eigenvalue weighted by atomic mass is 28.4. The average Bonchev–Trinajstić information content (AvgIpc) is 2.08. The summed E-state index contributed by atoms with van der Waals surface area (Å²) in [7, 11) is -1.77. The van der Waals surface area contributed by atoms with Crippen LogP contribution in [-0.4, -0.2) is 8.32 Å². The Labute approximate surface area is 107 Å². The van der Waals surface area contributed by atoms with Gasteiger partial charge in [0.2, 0.25) is 0 Å². The minimum Gasteiger partial charge on any atom is -0.542 e. The molecule has 2 N–H and O–H groups in total. The highest BCUT2D eigenvalue weighted by Crippen LogP contribution is 2.38. The molecule has 1 rings (SSSR count). The molecule has 0 bridgehead atoms. The molecule has 0 saturated carbocycles. The van der Waals surface area contributed by atoms with Crippen LogP contribution in [0.3, 0.4) is 0 Å². The van der Waals surface area contributed by atoms with E-state index in [4.69, 9.17) is 10.2 Å². The Morgan fingerprint density at radius 3 is 2.12 bits per heavy atom. The minimum atomic E-state index is -1.77. The molecule has 0 saturated heterocycles. The Bertz CT molecular complexity index is 380. The maximum Gasteiger partial charge on any atom is 0.250 e. The van der Waals surface area contributed by atoms with Crippen molar-refractivity contribution in [3.63, 3.8) is 0 Å². The molecule has 98 valence electrons. The summed E-state index contributed by atoms with van der Waals surface area (Å²) < 4.78 is 6.17. The first-order valence-corrected chi connectivity index (χ1v) is 8.59. The van der Waals surface area contributed by atoms with E-state index in [2.05, 4.69) is 33.9 Å². The normalized spacial score (nSPS) is 11.9.